The first kappa shape index (κ1) is 29.8. The van der Waals surface area contributed by atoms with Crippen molar-refractivity contribution in [2.75, 3.05) is 4.81 Å². The van der Waals surface area contributed by atoms with Gasteiger partial charge >= 0.3 is 7.05 Å². The quantitative estimate of drug-likeness (QED) is 0.136. The number of para-hydroxylation sites is 1. The third kappa shape index (κ3) is 4.24. The van der Waals surface area contributed by atoms with Crippen LogP contribution in [0.4, 0.5) is 11.5 Å². The van der Waals surface area contributed by atoms with Gasteiger partial charge in [-0.2, -0.15) is 0 Å². The van der Waals surface area contributed by atoms with Gasteiger partial charge in [0, 0.05) is 39.4 Å². The molecule has 2 aliphatic rings. The topological polar surface area (TPSA) is 51.9 Å². The molecule has 7 heteroatoms. The second kappa shape index (κ2) is 10.7. The number of fused-ring (bicyclic) bond motifs is 4. The van der Waals surface area contributed by atoms with E-state index < -0.39 is 0 Å². The smallest absolute Gasteiger partial charge is 0.525 e. The number of imidazole rings is 1. The van der Waals surface area contributed by atoms with Crippen molar-refractivity contribution in [2.24, 2.45) is 0 Å². The van der Waals surface area contributed by atoms with Crippen LogP contribution in [0.1, 0.15) is 39.0 Å². The van der Waals surface area contributed by atoms with Crippen LogP contribution in [0.2, 0.25) is 0 Å². The second-order valence-electron chi connectivity index (χ2n) is 14.7. The van der Waals surface area contributed by atoms with Gasteiger partial charge in [0.25, 0.3) is 0 Å². The summed E-state index contributed by atoms with van der Waals surface area (Å²) in [5.74, 6) is 3.04. The Morgan fingerprint density at radius 2 is 1.41 bits per heavy atom. The third-order valence-corrected chi connectivity index (χ3v) is 11.4. The molecule has 0 amide bonds. The molecule has 0 saturated carbocycles. The molecule has 3 aromatic heterocycles. The number of hydrogen-bond acceptors (Lipinski definition) is 5. The van der Waals surface area contributed by atoms with Crippen LogP contribution in [0.15, 0.2) is 140 Å². The predicted octanol–water partition coefficient (Wildman–Crippen LogP) is 9.99. The Labute approximate surface area is 297 Å². The minimum atomic E-state index is -0.347. The maximum Gasteiger partial charge on any atom is 0.525 e. The number of nitrogens with zero attached hydrogens (tertiary/aromatic N) is 4. The molecule has 0 saturated heterocycles. The van der Waals surface area contributed by atoms with Crippen molar-refractivity contribution in [1.82, 2.24) is 14.4 Å². The van der Waals surface area contributed by atoms with Gasteiger partial charge in [0.05, 0.1) is 22.6 Å². The zero-order valence-electron chi connectivity index (χ0n) is 29.0. The third-order valence-electron chi connectivity index (χ3n) is 11.4. The standard InChI is InChI=1S/C44H35BN4O2/c1-43(2)35-19-13-18-33-32-23-21-30(26-34(32)42-47-39(28-14-7-5-8-15-28)41(44(43,3)4)48(42)40(33)35)50-31-22-24-37-36(27-31)49(38-20-11-12-25-46-38)45(51-37)29-16-9-6-10-17-29/h5-27H,1-4H3. The molecule has 6 nitrogen and oxygen atoms in total. The average molecular weight is 663 g/mol. The molecule has 5 aromatic carbocycles. The molecular weight excluding hydrogens is 627 g/mol. The van der Waals surface area contributed by atoms with E-state index in [1.807, 2.05) is 60.8 Å². The SMILES string of the molecule is CC1(C)c2cccc3c4ccc(Oc5ccc6c(c5)N(c5ccccn5)B(c5ccccc5)O6)cc4c4nc(-c5ccccc5)c(n4c23)C1(C)C. The molecule has 0 spiro atoms. The Morgan fingerprint density at radius 1 is 0.667 bits per heavy atom. The molecule has 51 heavy (non-hydrogen) atoms. The molecule has 10 rings (SSSR count). The highest BCUT2D eigenvalue weighted by molar-refractivity contribution is 6.74. The van der Waals surface area contributed by atoms with Crippen molar-refractivity contribution in [3.8, 4) is 28.5 Å². The summed E-state index contributed by atoms with van der Waals surface area (Å²) in [6.07, 6.45) is 1.81. The van der Waals surface area contributed by atoms with Crippen LogP contribution in [0, 0.1) is 0 Å². The Kier molecular flexibility index (Phi) is 6.26. The first-order valence-electron chi connectivity index (χ1n) is 17.5. The molecule has 2 aliphatic heterocycles. The summed E-state index contributed by atoms with van der Waals surface area (Å²) in [6, 6.07) is 45.9. The van der Waals surface area contributed by atoms with Gasteiger partial charge in [0.2, 0.25) is 0 Å². The van der Waals surface area contributed by atoms with Gasteiger partial charge in [-0.1, -0.05) is 113 Å². The van der Waals surface area contributed by atoms with Crippen molar-refractivity contribution in [2.45, 2.75) is 38.5 Å². The summed E-state index contributed by atoms with van der Waals surface area (Å²) < 4.78 is 15.7. The van der Waals surface area contributed by atoms with E-state index in [2.05, 4.69) is 116 Å². The van der Waals surface area contributed by atoms with Crippen LogP contribution in [0.25, 0.3) is 38.6 Å². The minimum absolute atomic E-state index is 0.129. The number of rotatable bonds is 5. The molecule has 8 aromatic rings. The summed E-state index contributed by atoms with van der Waals surface area (Å²) in [7, 11) is -0.347. The molecule has 0 atom stereocenters. The zero-order chi connectivity index (χ0) is 34.5. The fourth-order valence-corrected chi connectivity index (χ4v) is 8.20. The monoisotopic (exact) mass is 662 g/mol. The van der Waals surface area contributed by atoms with E-state index in [0.717, 1.165) is 56.1 Å². The van der Waals surface area contributed by atoms with E-state index in [0.29, 0.717) is 5.75 Å². The van der Waals surface area contributed by atoms with Gasteiger partial charge in [-0.05, 0) is 58.9 Å². The Bertz CT molecular complexity index is 2650. The number of aromatic nitrogens is 3. The molecule has 246 valence electrons. The second-order valence-corrected chi connectivity index (χ2v) is 14.7. The maximum atomic E-state index is 6.69. The van der Waals surface area contributed by atoms with Gasteiger partial charge < -0.3 is 14.2 Å². The van der Waals surface area contributed by atoms with Crippen molar-refractivity contribution >= 4 is 51.3 Å². The maximum absolute atomic E-state index is 6.69. The first-order chi connectivity index (χ1) is 24.8. The molecule has 5 heterocycles. The minimum Gasteiger partial charge on any atom is -0.536 e. The summed E-state index contributed by atoms with van der Waals surface area (Å²) in [5, 5.41) is 3.43. The molecule has 0 fully saturated rings. The van der Waals surface area contributed by atoms with E-state index >= 15 is 0 Å². The summed E-state index contributed by atoms with van der Waals surface area (Å²) in [4.78, 5) is 12.3. The molecule has 0 radical (unpaired) electrons. The Hall–Kier alpha value is -6.08. The van der Waals surface area contributed by atoms with Crippen LogP contribution in [-0.4, -0.2) is 21.4 Å². The van der Waals surface area contributed by atoms with Crippen molar-refractivity contribution < 1.29 is 9.39 Å². The number of benzene rings is 5. The van der Waals surface area contributed by atoms with Gasteiger partial charge in [-0.15, -0.1) is 0 Å². The molecular formula is C44H35BN4O2. The average Bonchev–Trinajstić information content (AvgIpc) is 3.76. The predicted molar refractivity (Wildman–Crippen MR) is 207 cm³/mol. The van der Waals surface area contributed by atoms with Crippen LogP contribution in [-0.2, 0) is 10.8 Å². The lowest BCUT2D eigenvalue weighted by molar-refractivity contribution is 0.289. The molecule has 0 bridgehead atoms. The van der Waals surface area contributed by atoms with Crippen molar-refractivity contribution in [1.29, 1.82) is 0 Å². The van der Waals surface area contributed by atoms with Crippen LogP contribution in [0.3, 0.4) is 0 Å². The molecule has 0 N–H and O–H groups in total. The van der Waals surface area contributed by atoms with Crippen molar-refractivity contribution in [3.05, 3.63) is 151 Å². The van der Waals surface area contributed by atoms with E-state index in [1.54, 1.807) is 0 Å². The lowest BCUT2D eigenvalue weighted by Crippen LogP contribution is -2.47. The fraction of sp³-hybridized carbons (Fsp3) is 0.136. The first-order valence-corrected chi connectivity index (χ1v) is 17.5. The van der Waals surface area contributed by atoms with Crippen LogP contribution >= 0.6 is 0 Å². The lowest BCUT2D eigenvalue weighted by Gasteiger charge is -2.46. The highest BCUT2D eigenvalue weighted by atomic mass is 16.5. The highest BCUT2D eigenvalue weighted by Gasteiger charge is 2.48. The highest BCUT2D eigenvalue weighted by Crippen LogP contribution is 2.54. The van der Waals surface area contributed by atoms with E-state index in [9.17, 15) is 0 Å². The number of ether oxygens (including phenoxy) is 1. The van der Waals surface area contributed by atoms with Crippen LogP contribution < -0.4 is 19.7 Å². The van der Waals surface area contributed by atoms with E-state index in [4.69, 9.17) is 19.4 Å². The zero-order valence-corrected chi connectivity index (χ0v) is 29.0. The summed E-state index contributed by atoms with van der Waals surface area (Å²) in [6.45, 7) is 9.47. The summed E-state index contributed by atoms with van der Waals surface area (Å²) >= 11 is 0. The summed E-state index contributed by atoms with van der Waals surface area (Å²) in [5.41, 5.74) is 8.54. The van der Waals surface area contributed by atoms with Crippen molar-refractivity contribution in [3.63, 3.8) is 0 Å². The van der Waals surface area contributed by atoms with Gasteiger partial charge in [-0.25, -0.2) is 9.97 Å². The largest absolute Gasteiger partial charge is 0.536 e. The van der Waals surface area contributed by atoms with Crippen LogP contribution in [0.5, 0.6) is 17.2 Å². The van der Waals surface area contributed by atoms with E-state index in [1.165, 1.54) is 22.2 Å². The van der Waals surface area contributed by atoms with Gasteiger partial charge in [0.1, 0.15) is 28.7 Å². The Morgan fingerprint density at radius 3 is 2.20 bits per heavy atom. The van der Waals surface area contributed by atoms with Gasteiger partial charge in [0.15, 0.2) is 0 Å². The Balaban J connectivity index is 1.14. The number of hydrogen-bond donors (Lipinski definition) is 0. The molecule has 0 aliphatic carbocycles. The van der Waals surface area contributed by atoms with Gasteiger partial charge in [-0.3, -0.25) is 4.40 Å². The van der Waals surface area contributed by atoms with E-state index in [-0.39, 0.29) is 17.9 Å². The fourth-order valence-electron chi connectivity index (χ4n) is 8.20. The number of pyridine rings is 2. The normalized spacial score (nSPS) is 15.5. The molecule has 0 unspecified atom stereocenters. The number of anilines is 2. The lowest BCUT2D eigenvalue weighted by atomic mass is 9.60.